The Morgan fingerprint density at radius 1 is 0.208 bits per heavy atom. The zero-order valence-corrected chi connectivity index (χ0v) is 39.6. The molecular weight excluding hydrogens is 871 g/mol. The molecule has 0 amide bonds. The standard InChI is InChI=1S/C69H49N3/c1-7-23-52(24-8-1)69(53-25-9-2-10-26-53)67-40-20-19-39-63(67)66-45-51-42-41-50-43-44-62(48-64(50)65(51)49-68(66)69)72(60-37-21-35-58(46-60)70(54-27-11-3-12-28-54)55-29-13-4-14-30-55)61-38-22-36-59(47-61)71(56-31-15-5-16-32-56)57-33-17-6-18-34-57/h1-49H. The van der Waals surface area contributed by atoms with Crippen LogP contribution in [-0.4, -0.2) is 0 Å². The van der Waals surface area contributed by atoms with Crippen LogP contribution in [0.25, 0.3) is 32.7 Å². The molecule has 3 nitrogen and oxygen atoms in total. The Kier molecular flexibility index (Phi) is 10.7. The van der Waals surface area contributed by atoms with E-state index in [-0.39, 0.29) is 0 Å². The first-order chi connectivity index (χ1) is 35.7. The van der Waals surface area contributed by atoms with E-state index in [4.69, 9.17) is 0 Å². The van der Waals surface area contributed by atoms with Gasteiger partial charge in [-0.05, 0) is 164 Å². The molecule has 0 N–H and O–H groups in total. The van der Waals surface area contributed by atoms with E-state index in [1.165, 1.54) is 54.9 Å². The number of hydrogen-bond acceptors (Lipinski definition) is 3. The number of benzene rings is 12. The van der Waals surface area contributed by atoms with Gasteiger partial charge in [0, 0.05) is 51.2 Å². The summed E-state index contributed by atoms with van der Waals surface area (Å²) in [7, 11) is 0. The fraction of sp³-hybridized carbons (Fsp3) is 0.0145. The molecule has 340 valence electrons. The summed E-state index contributed by atoms with van der Waals surface area (Å²) >= 11 is 0. The predicted molar refractivity (Wildman–Crippen MR) is 303 cm³/mol. The molecule has 0 aliphatic heterocycles. The number of fused-ring (bicyclic) bond motifs is 6. The Balaban J connectivity index is 1.04. The third-order valence-electron chi connectivity index (χ3n) is 14.4. The van der Waals surface area contributed by atoms with Crippen LogP contribution >= 0.6 is 0 Å². The molecule has 0 heterocycles. The summed E-state index contributed by atoms with van der Waals surface area (Å²) in [6.07, 6.45) is 0. The third-order valence-corrected chi connectivity index (χ3v) is 14.4. The van der Waals surface area contributed by atoms with Crippen LogP contribution in [0.15, 0.2) is 297 Å². The molecule has 0 saturated carbocycles. The molecule has 1 aliphatic carbocycles. The van der Waals surface area contributed by atoms with Gasteiger partial charge in [-0.3, -0.25) is 0 Å². The molecule has 3 heteroatoms. The fourth-order valence-corrected chi connectivity index (χ4v) is 11.3. The van der Waals surface area contributed by atoms with E-state index in [2.05, 4.69) is 312 Å². The lowest BCUT2D eigenvalue weighted by Gasteiger charge is -2.34. The van der Waals surface area contributed by atoms with E-state index in [1.54, 1.807) is 0 Å². The normalized spacial score (nSPS) is 12.3. The summed E-state index contributed by atoms with van der Waals surface area (Å²) in [6, 6.07) is 108. The molecule has 0 radical (unpaired) electrons. The van der Waals surface area contributed by atoms with Crippen LogP contribution in [0.5, 0.6) is 0 Å². The van der Waals surface area contributed by atoms with Gasteiger partial charge >= 0.3 is 0 Å². The van der Waals surface area contributed by atoms with E-state index in [9.17, 15) is 0 Å². The monoisotopic (exact) mass is 919 g/mol. The smallest absolute Gasteiger partial charge is 0.0713 e. The molecule has 0 fully saturated rings. The van der Waals surface area contributed by atoms with Crippen molar-refractivity contribution in [3.63, 3.8) is 0 Å². The van der Waals surface area contributed by atoms with Gasteiger partial charge in [0.15, 0.2) is 0 Å². The first-order valence-corrected chi connectivity index (χ1v) is 24.8. The molecule has 0 atom stereocenters. The van der Waals surface area contributed by atoms with Crippen LogP contribution in [0.3, 0.4) is 0 Å². The SMILES string of the molecule is c1ccc(N(c2ccccc2)c2cccc(N(c3cccc(N(c4ccccc4)c4ccccc4)c3)c3ccc4ccc5cc6c(cc5c4c3)C(c3ccccc3)(c3ccccc3)c3ccccc3-6)c2)cc1. The quantitative estimate of drug-likeness (QED) is 0.120. The summed E-state index contributed by atoms with van der Waals surface area (Å²) in [6.45, 7) is 0. The lowest BCUT2D eigenvalue weighted by molar-refractivity contribution is 0.769. The zero-order chi connectivity index (χ0) is 47.8. The van der Waals surface area contributed by atoms with Gasteiger partial charge in [-0.25, -0.2) is 0 Å². The molecule has 12 aromatic carbocycles. The van der Waals surface area contributed by atoms with E-state index in [0.717, 1.165) is 51.2 Å². The summed E-state index contributed by atoms with van der Waals surface area (Å²) < 4.78 is 0. The molecule has 0 bridgehead atoms. The van der Waals surface area contributed by atoms with Crippen molar-refractivity contribution in [3.05, 3.63) is 320 Å². The van der Waals surface area contributed by atoms with E-state index < -0.39 is 5.41 Å². The van der Waals surface area contributed by atoms with E-state index >= 15 is 0 Å². The average Bonchev–Trinajstić information content (AvgIpc) is 3.74. The molecule has 0 saturated heterocycles. The zero-order valence-electron chi connectivity index (χ0n) is 39.6. The second-order valence-corrected chi connectivity index (χ2v) is 18.5. The highest BCUT2D eigenvalue weighted by molar-refractivity contribution is 6.11. The summed E-state index contributed by atoms with van der Waals surface area (Å²) in [5, 5.41) is 4.82. The molecule has 13 rings (SSSR count). The minimum Gasteiger partial charge on any atom is -0.310 e. The lowest BCUT2D eigenvalue weighted by Crippen LogP contribution is -2.28. The van der Waals surface area contributed by atoms with Crippen LogP contribution in [-0.2, 0) is 5.41 Å². The van der Waals surface area contributed by atoms with Crippen molar-refractivity contribution in [2.45, 2.75) is 5.41 Å². The van der Waals surface area contributed by atoms with E-state index in [0.29, 0.717) is 0 Å². The molecule has 0 spiro atoms. The Labute approximate surface area is 421 Å². The molecule has 12 aromatic rings. The Bertz CT molecular complexity index is 3620. The maximum Gasteiger partial charge on any atom is 0.0713 e. The Hall–Kier alpha value is -9.44. The van der Waals surface area contributed by atoms with Gasteiger partial charge in [-0.1, -0.05) is 188 Å². The number of hydrogen-bond donors (Lipinski definition) is 0. The largest absolute Gasteiger partial charge is 0.310 e. The van der Waals surface area contributed by atoms with Crippen molar-refractivity contribution >= 4 is 72.7 Å². The number of anilines is 9. The van der Waals surface area contributed by atoms with Crippen molar-refractivity contribution in [1.29, 1.82) is 0 Å². The van der Waals surface area contributed by atoms with Crippen molar-refractivity contribution in [2.75, 3.05) is 14.7 Å². The van der Waals surface area contributed by atoms with Crippen LogP contribution in [0.4, 0.5) is 51.2 Å². The first kappa shape index (κ1) is 42.6. The van der Waals surface area contributed by atoms with Gasteiger partial charge in [0.2, 0.25) is 0 Å². The molecule has 72 heavy (non-hydrogen) atoms. The fourth-order valence-electron chi connectivity index (χ4n) is 11.3. The number of para-hydroxylation sites is 4. The van der Waals surface area contributed by atoms with Crippen LogP contribution in [0.2, 0.25) is 0 Å². The predicted octanol–water partition coefficient (Wildman–Crippen LogP) is 18.8. The van der Waals surface area contributed by atoms with Gasteiger partial charge in [-0.15, -0.1) is 0 Å². The number of nitrogens with zero attached hydrogens (tertiary/aromatic N) is 3. The van der Waals surface area contributed by atoms with Gasteiger partial charge in [0.25, 0.3) is 0 Å². The van der Waals surface area contributed by atoms with Crippen molar-refractivity contribution in [1.82, 2.24) is 0 Å². The van der Waals surface area contributed by atoms with Crippen LogP contribution < -0.4 is 14.7 Å². The third kappa shape index (κ3) is 7.30. The molecule has 0 aromatic heterocycles. The average molecular weight is 920 g/mol. The topological polar surface area (TPSA) is 9.72 Å². The highest BCUT2D eigenvalue weighted by atomic mass is 15.2. The second-order valence-electron chi connectivity index (χ2n) is 18.5. The summed E-state index contributed by atoms with van der Waals surface area (Å²) in [5.74, 6) is 0. The highest BCUT2D eigenvalue weighted by Crippen LogP contribution is 2.57. The minimum atomic E-state index is -0.512. The van der Waals surface area contributed by atoms with Crippen LogP contribution in [0, 0.1) is 0 Å². The molecule has 1 aliphatic rings. The van der Waals surface area contributed by atoms with Crippen molar-refractivity contribution in [3.8, 4) is 11.1 Å². The first-order valence-electron chi connectivity index (χ1n) is 24.8. The van der Waals surface area contributed by atoms with Gasteiger partial charge in [-0.2, -0.15) is 0 Å². The summed E-state index contributed by atoms with van der Waals surface area (Å²) in [4.78, 5) is 7.10. The summed E-state index contributed by atoms with van der Waals surface area (Å²) in [5.41, 5.74) is 16.8. The second kappa shape index (κ2) is 18.1. The Morgan fingerprint density at radius 2 is 0.556 bits per heavy atom. The van der Waals surface area contributed by atoms with E-state index in [1.807, 2.05) is 0 Å². The molecule has 0 unspecified atom stereocenters. The van der Waals surface area contributed by atoms with Crippen molar-refractivity contribution < 1.29 is 0 Å². The Morgan fingerprint density at radius 3 is 1.03 bits per heavy atom. The van der Waals surface area contributed by atoms with Gasteiger partial charge in [0.05, 0.1) is 5.41 Å². The number of rotatable bonds is 11. The van der Waals surface area contributed by atoms with Crippen LogP contribution in [0.1, 0.15) is 22.3 Å². The van der Waals surface area contributed by atoms with Crippen molar-refractivity contribution in [2.24, 2.45) is 0 Å². The van der Waals surface area contributed by atoms with Gasteiger partial charge in [0.1, 0.15) is 0 Å². The molecular formula is C69H49N3. The minimum absolute atomic E-state index is 0.512. The lowest BCUT2D eigenvalue weighted by atomic mass is 9.67. The maximum absolute atomic E-state index is 2.51. The van der Waals surface area contributed by atoms with Gasteiger partial charge < -0.3 is 14.7 Å². The highest BCUT2D eigenvalue weighted by Gasteiger charge is 2.46. The maximum atomic E-state index is 2.51.